The summed E-state index contributed by atoms with van der Waals surface area (Å²) in [6, 6.07) is 0. The molecule has 0 N–H and O–H groups in total. The van der Waals surface area contributed by atoms with E-state index in [4.69, 9.17) is 0 Å². The van der Waals surface area contributed by atoms with Crippen molar-refractivity contribution in [2.24, 2.45) is 0 Å². The van der Waals surface area contributed by atoms with Gasteiger partial charge in [-0.25, -0.2) is 0 Å². The van der Waals surface area contributed by atoms with Crippen LogP contribution in [0.4, 0.5) is 0 Å². The van der Waals surface area contributed by atoms with E-state index in [0.717, 1.165) is 0 Å². The van der Waals surface area contributed by atoms with Gasteiger partial charge in [-0.15, -0.1) is 0 Å². The molecule has 0 aromatic carbocycles. The average molecular weight is 246 g/mol. The number of rotatable bonds is 2. The van der Waals surface area contributed by atoms with Crippen LogP contribution in [0, 0.1) is 0 Å². The second-order valence-electron chi connectivity index (χ2n) is 1.17. The first-order chi connectivity index (χ1) is 3.66. The van der Waals surface area contributed by atoms with E-state index in [1.807, 2.05) is 0 Å². The van der Waals surface area contributed by atoms with E-state index in [1.165, 1.54) is 7.11 Å². The third-order valence-corrected chi connectivity index (χ3v) is 1.20. The quantitative estimate of drug-likeness (QED) is 0.547. The molecule has 4 heteroatoms. The fourth-order valence-corrected chi connectivity index (χ4v) is 0.738. The van der Waals surface area contributed by atoms with Crippen LogP contribution in [0.3, 0.4) is 0 Å². The summed E-state index contributed by atoms with van der Waals surface area (Å²) in [4.78, 5) is 10.3. The first kappa shape index (κ1) is 8.43. The van der Waals surface area contributed by atoms with Crippen LogP contribution in [0.2, 0.25) is 0 Å². The summed E-state index contributed by atoms with van der Waals surface area (Å²) >= 11 is 6.26. The molecule has 0 atom stereocenters. The van der Waals surface area contributed by atoms with Gasteiger partial charge in [0.1, 0.15) is 0 Å². The van der Waals surface area contributed by atoms with E-state index in [-0.39, 0.29) is 9.71 Å². The van der Waals surface area contributed by atoms with Gasteiger partial charge in [0.2, 0.25) is 0 Å². The Bertz CT molecular complexity index is 82.1. The van der Waals surface area contributed by atoms with Crippen LogP contribution in [0.1, 0.15) is 6.42 Å². The molecular formula is C4H6Br2O2. The van der Waals surface area contributed by atoms with Crippen molar-refractivity contribution in [2.75, 3.05) is 7.11 Å². The molecular weight excluding hydrogens is 240 g/mol. The molecule has 0 saturated carbocycles. The maximum atomic E-state index is 10.3. The molecule has 0 radical (unpaired) electrons. The van der Waals surface area contributed by atoms with Crippen LogP contribution in [0.15, 0.2) is 0 Å². The first-order valence-electron chi connectivity index (χ1n) is 2.01. The second-order valence-corrected chi connectivity index (χ2v) is 4.61. The molecule has 0 aliphatic rings. The number of hydrogen-bond acceptors (Lipinski definition) is 2. The molecule has 0 spiro atoms. The number of halogens is 2. The van der Waals surface area contributed by atoms with Crippen molar-refractivity contribution in [3.8, 4) is 0 Å². The molecule has 2 nitrogen and oxygen atoms in total. The minimum atomic E-state index is -0.219. The normalized spacial score (nSPS) is 9.50. The molecule has 0 aliphatic carbocycles. The maximum absolute atomic E-state index is 10.3. The van der Waals surface area contributed by atoms with Gasteiger partial charge < -0.3 is 4.74 Å². The van der Waals surface area contributed by atoms with Gasteiger partial charge in [0, 0.05) is 0 Å². The molecule has 0 rings (SSSR count). The predicted molar refractivity (Wildman–Crippen MR) is 38.3 cm³/mol. The van der Waals surface area contributed by atoms with Crippen LogP contribution in [-0.4, -0.2) is 16.8 Å². The van der Waals surface area contributed by atoms with Gasteiger partial charge in [-0.05, 0) is 0 Å². The molecule has 0 heterocycles. The molecule has 0 aliphatic heterocycles. The van der Waals surface area contributed by atoms with Gasteiger partial charge in [0.05, 0.1) is 17.3 Å². The fourth-order valence-electron chi connectivity index (χ4n) is 0.209. The lowest BCUT2D eigenvalue weighted by atomic mass is 10.5. The Morgan fingerprint density at radius 1 is 1.75 bits per heavy atom. The first-order valence-corrected chi connectivity index (χ1v) is 3.85. The van der Waals surface area contributed by atoms with Gasteiger partial charge in [0.15, 0.2) is 0 Å². The number of alkyl halides is 2. The van der Waals surface area contributed by atoms with Crippen molar-refractivity contribution in [3.05, 3.63) is 0 Å². The molecule has 0 aromatic rings. The Morgan fingerprint density at radius 3 is 2.38 bits per heavy atom. The van der Waals surface area contributed by atoms with E-state index in [0.29, 0.717) is 6.42 Å². The number of carbonyl (C=O) groups excluding carboxylic acids is 1. The second kappa shape index (κ2) is 4.32. The highest BCUT2D eigenvalue weighted by Crippen LogP contribution is 2.12. The number of methoxy groups -OCH3 is 1. The molecule has 0 aromatic heterocycles. The summed E-state index contributed by atoms with van der Waals surface area (Å²) in [6.07, 6.45) is 0.358. The third kappa shape index (κ3) is 4.59. The molecule has 0 saturated heterocycles. The van der Waals surface area contributed by atoms with Crippen LogP contribution < -0.4 is 0 Å². The molecule has 48 valence electrons. The lowest BCUT2D eigenvalue weighted by Gasteiger charge is -1.96. The van der Waals surface area contributed by atoms with Crippen molar-refractivity contribution >= 4 is 37.8 Å². The SMILES string of the molecule is COC(=O)CC(Br)Br. The lowest BCUT2D eigenvalue weighted by Crippen LogP contribution is -2.03. The van der Waals surface area contributed by atoms with Crippen LogP contribution >= 0.6 is 31.9 Å². The molecule has 0 unspecified atom stereocenters. The zero-order chi connectivity index (χ0) is 6.57. The number of esters is 1. The summed E-state index contributed by atoms with van der Waals surface area (Å²) in [5, 5.41) is 0. The van der Waals surface area contributed by atoms with Gasteiger partial charge in [-0.3, -0.25) is 4.79 Å². The topological polar surface area (TPSA) is 26.3 Å². The smallest absolute Gasteiger partial charge is 0.307 e. The standard InChI is InChI=1S/C4H6Br2O2/c1-8-4(7)2-3(5)6/h3H,2H2,1H3. The van der Waals surface area contributed by atoms with E-state index >= 15 is 0 Å². The Morgan fingerprint density at radius 2 is 2.25 bits per heavy atom. The highest BCUT2D eigenvalue weighted by Gasteiger charge is 2.04. The molecule has 0 fully saturated rings. The third-order valence-electron chi connectivity index (χ3n) is 0.549. The van der Waals surface area contributed by atoms with E-state index in [1.54, 1.807) is 0 Å². The highest BCUT2D eigenvalue weighted by atomic mass is 79.9. The summed E-state index contributed by atoms with van der Waals surface area (Å²) in [5.74, 6) is -0.219. The molecule has 0 bridgehead atoms. The monoisotopic (exact) mass is 244 g/mol. The molecule has 0 amide bonds. The van der Waals surface area contributed by atoms with Gasteiger partial charge in [-0.1, -0.05) is 31.9 Å². The Balaban J connectivity index is 3.25. The van der Waals surface area contributed by atoms with E-state index < -0.39 is 0 Å². The fraction of sp³-hybridized carbons (Fsp3) is 0.750. The summed E-state index contributed by atoms with van der Waals surface area (Å²) < 4.78 is 4.39. The van der Waals surface area contributed by atoms with Crippen molar-refractivity contribution in [2.45, 2.75) is 10.2 Å². The van der Waals surface area contributed by atoms with Crippen LogP contribution in [-0.2, 0) is 9.53 Å². The minimum Gasteiger partial charge on any atom is -0.469 e. The zero-order valence-electron chi connectivity index (χ0n) is 4.36. The number of ether oxygens (including phenoxy) is 1. The lowest BCUT2D eigenvalue weighted by molar-refractivity contribution is -0.140. The summed E-state index contributed by atoms with van der Waals surface area (Å²) in [7, 11) is 1.37. The van der Waals surface area contributed by atoms with Gasteiger partial charge in [0.25, 0.3) is 0 Å². The summed E-state index contributed by atoms with van der Waals surface area (Å²) in [6.45, 7) is 0. The van der Waals surface area contributed by atoms with Crippen LogP contribution in [0.5, 0.6) is 0 Å². The predicted octanol–water partition coefficient (Wildman–Crippen LogP) is 1.67. The van der Waals surface area contributed by atoms with Crippen molar-refractivity contribution in [1.29, 1.82) is 0 Å². The summed E-state index contributed by atoms with van der Waals surface area (Å²) in [5.41, 5.74) is 0. The number of carbonyl (C=O) groups is 1. The van der Waals surface area contributed by atoms with Crippen molar-refractivity contribution < 1.29 is 9.53 Å². The van der Waals surface area contributed by atoms with Crippen molar-refractivity contribution in [1.82, 2.24) is 0 Å². The Kier molecular flexibility index (Phi) is 4.56. The van der Waals surface area contributed by atoms with Gasteiger partial charge >= 0.3 is 5.97 Å². The number of hydrogen-bond donors (Lipinski definition) is 0. The average Bonchev–Trinajstić information content (AvgIpc) is 1.65. The minimum absolute atomic E-state index is 0.0300. The van der Waals surface area contributed by atoms with Gasteiger partial charge in [-0.2, -0.15) is 0 Å². The highest BCUT2D eigenvalue weighted by molar-refractivity contribution is 9.24. The Labute approximate surface area is 64.8 Å². The van der Waals surface area contributed by atoms with E-state index in [2.05, 4.69) is 36.6 Å². The maximum Gasteiger partial charge on any atom is 0.307 e. The van der Waals surface area contributed by atoms with E-state index in [9.17, 15) is 4.79 Å². The zero-order valence-corrected chi connectivity index (χ0v) is 7.53. The largest absolute Gasteiger partial charge is 0.469 e. The van der Waals surface area contributed by atoms with Crippen LogP contribution in [0.25, 0.3) is 0 Å². The molecule has 8 heavy (non-hydrogen) atoms. The van der Waals surface area contributed by atoms with Crippen molar-refractivity contribution in [3.63, 3.8) is 0 Å². The Hall–Kier alpha value is 0.430.